The monoisotopic (exact) mass is 1420 g/mol. The lowest BCUT2D eigenvalue weighted by atomic mass is 9.49. The third kappa shape index (κ3) is 17.8. The highest BCUT2D eigenvalue weighted by atomic mass is 16.7. The van der Waals surface area contributed by atoms with Gasteiger partial charge in [0.1, 0.15) is 40.2 Å². The predicted molar refractivity (Wildman–Crippen MR) is 374 cm³/mol. The topological polar surface area (TPSA) is 266 Å². The molecule has 2 heterocycles. The lowest BCUT2D eigenvalue weighted by molar-refractivity contribution is -0.230. The van der Waals surface area contributed by atoms with Gasteiger partial charge in [-0.1, -0.05) is 41.5 Å². The van der Waals surface area contributed by atoms with Gasteiger partial charge in [0.2, 0.25) is 6.10 Å². The molecule has 572 valence electrons. The summed E-state index contributed by atoms with van der Waals surface area (Å²) in [6.45, 7) is 36.6. The van der Waals surface area contributed by atoms with Crippen molar-refractivity contribution >= 4 is 53.9 Å². The highest BCUT2D eigenvalue weighted by Crippen LogP contribution is 2.64. The van der Waals surface area contributed by atoms with E-state index in [2.05, 4.69) is 13.8 Å². The molecule has 10 unspecified atom stereocenters. The van der Waals surface area contributed by atoms with E-state index in [1.165, 1.54) is 38.5 Å². The Morgan fingerprint density at radius 2 is 0.901 bits per heavy atom. The van der Waals surface area contributed by atoms with Gasteiger partial charge in [0.15, 0.2) is 6.61 Å². The first-order valence-corrected chi connectivity index (χ1v) is 39.1. The molecule has 20 nitrogen and oxygen atoms in total. The Morgan fingerprint density at radius 1 is 0.475 bits per heavy atom. The van der Waals surface area contributed by atoms with E-state index < -0.39 is 74.2 Å². The highest BCUT2D eigenvalue weighted by Gasteiger charge is 2.66. The predicted octanol–water partition coefficient (Wildman–Crippen LogP) is 15.4. The number of rotatable bonds is 19. The van der Waals surface area contributed by atoms with E-state index in [1.807, 2.05) is 90.0 Å². The number of carbonyl (C=O) groups is 9. The molecule has 0 aromatic heterocycles. The van der Waals surface area contributed by atoms with Crippen LogP contribution in [0.1, 0.15) is 298 Å². The Labute approximate surface area is 602 Å². The summed E-state index contributed by atoms with van der Waals surface area (Å²) in [4.78, 5) is 108. The number of esters is 8. The first kappa shape index (κ1) is 80.1. The molecular formula is C81H128O20. The number of fused-ring (bicyclic) bond motifs is 1. The third-order valence-electron chi connectivity index (χ3n) is 26.9. The van der Waals surface area contributed by atoms with Gasteiger partial charge in [-0.3, -0.25) is 28.8 Å². The lowest BCUT2D eigenvalue weighted by Gasteiger charge is -2.60. The second kappa shape index (κ2) is 29.7. The number of aliphatic hydroxyl groups is 1. The summed E-state index contributed by atoms with van der Waals surface area (Å²) in [7, 11) is 0. The van der Waals surface area contributed by atoms with Crippen LogP contribution in [0.25, 0.3) is 0 Å². The average Bonchev–Trinajstić information content (AvgIpc) is 0.982. The van der Waals surface area contributed by atoms with E-state index in [4.69, 9.17) is 47.4 Å². The lowest BCUT2D eigenvalue weighted by Crippen LogP contribution is -2.62. The molecular weight excluding hydrogens is 1290 g/mol. The molecule has 2 aliphatic heterocycles. The Morgan fingerprint density at radius 3 is 1.34 bits per heavy atom. The van der Waals surface area contributed by atoms with Crippen LogP contribution in [0.4, 0.5) is 4.79 Å². The van der Waals surface area contributed by atoms with Crippen molar-refractivity contribution in [2.75, 3.05) is 13.2 Å². The van der Waals surface area contributed by atoms with Gasteiger partial charge in [0.05, 0.1) is 45.2 Å². The SMILES string of the molecule is CCC(C)(C)C(=O)OC1(CC)C2CC3CC(C2)CC1C3.CCC(C)(C)C(=O)OC12CC3CC(CC(O)(C3)C1)C2.CCC(C)(C)C(=O)OC12CC3CC(CC(OC(=O)OC(C)(C)C)(C3)C1)C2.CCC(C)(C)C(=O)OC1CCOC1=O.CCC(C)(C)C(=O)OCC(=O)OC1C2CC3C(=O)OC1C3C2. The smallest absolute Gasteiger partial charge is 0.463 e. The van der Waals surface area contributed by atoms with Crippen molar-refractivity contribution in [3.63, 3.8) is 0 Å². The molecule has 0 aromatic rings. The second-order valence-corrected chi connectivity index (χ2v) is 38.0. The van der Waals surface area contributed by atoms with Crippen LogP contribution in [0.5, 0.6) is 0 Å². The Bertz CT molecular complexity index is 3000. The fourth-order valence-corrected chi connectivity index (χ4v) is 20.0. The normalized spacial score (nSPS) is 36.8. The summed E-state index contributed by atoms with van der Waals surface area (Å²) in [5.74, 6) is 3.46. The fourth-order valence-electron chi connectivity index (χ4n) is 20.0. The third-order valence-corrected chi connectivity index (χ3v) is 26.9. The summed E-state index contributed by atoms with van der Waals surface area (Å²) in [5, 5.41) is 10.6. The van der Waals surface area contributed by atoms with Gasteiger partial charge >= 0.3 is 53.9 Å². The van der Waals surface area contributed by atoms with Crippen molar-refractivity contribution in [1.82, 2.24) is 0 Å². The summed E-state index contributed by atoms with van der Waals surface area (Å²) in [6, 6.07) is 0. The van der Waals surface area contributed by atoms with Crippen LogP contribution in [-0.4, -0.2) is 124 Å². The van der Waals surface area contributed by atoms with Crippen LogP contribution >= 0.6 is 0 Å². The van der Waals surface area contributed by atoms with E-state index in [0.29, 0.717) is 74.2 Å². The van der Waals surface area contributed by atoms with E-state index in [0.717, 1.165) is 108 Å². The standard InChI is InChI=1S/C21H34O5.C18H30O2.C16H22O6.C16H26O3.C10H16O4/c1-7-19(5,6)16(22)24-20-9-14-8-15(10-20)12-21(11-14,13-20)26-17(23)25-18(2,3)4;1-5-17(3,4)16(19)20-18(6-2)14-8-12-7-13(10-14)11-15(18)9-12;1-4-16(2,3)15(19)20-7-11(17)21-12-8-5-9-10(6-8)14(18)22-13(9)12;1-4-14(2,3)13(17)19-16-8-11-5-12(9-16)7-15(18,6-11)10-16;1-4-10(2,3)9(12)14-7-5-6-13-8(7)11/h14-15H,7-13H2,1-6H3;12-15H,5-11H2,1-4H3;8-10,12-13H,4-7H2,1-3H3;11-12,18H,4-10H2,1-3H3;7H,4-6H2,1-3H3. The number of hydrogen-bond acceptors (Lipinski definition) is 20. The zero-order valence-electron chi connectivity index (χ0n) is 65.1. The van der Waals surface area contributed by atoms with Crippen LogP contribution < -0.4 is 0 Å². The molecule has 0 spiro atoms. The first-order valence-electron chi connectivity index (χ1n) is 39.1. The Hall–Kier alpha value is -5.01. The molecule has 20 heteroatoms. The van der Waals surface area contributed by atoms with Crippen molar-refractivity contribution in [1.29, 1.82) is 0 Å². The quantitative estimate of drug-likeness (QED) is 0.0930. The van der Waals surface area contributed by atoms with Crippen LogP contribution in [0.15, 0.2) is 0 Å². The number of ether oxygens (including phenoxy) is 10. The molecule has 2 saturated heterocycles. The molecule has 0 amide bonds. The molecule has 10 atom stereocenters. The van der Waals surface area contributed by atoms with E-state index in [-0.39, 0.29) is 83.0 Å². The molecule has 16 fully saturated rings. The first-order chi connectivity index (χ1) is 46.8. The van der Waals surface area contributed by atoms with Crippen molar-refractivity contribution in [3.05, 3.63) is 0 Å². The van der Waals surface area contributed by atoms with Crippen LogP contribution in [0.3, 0.4) is 0 Å². The molecule has 16 aliphatic rings. The molecule has 14 bridgehead atoms. The molecule has 101 heavy (non-hydrogen) atoms. The van der Waals surface area contributed by atoms with Crippen molar-refractivity contribution < 1.29 is 95.6 Å². The number of hydrogen-bond donors (Lipinski definition) is 1. The fraction of sp³-hybridized carbons (Fsp3) is 0.889. The minimum absolute atomic E-state index is 0.00636. The summed E-state index contributed by atoms with van der Waals surface area (Å²) >= 11 is 0. The van der Waals surface area contributed by atoms with E-state index in [9.17, 15) is 48.3 Å². The largest absolute Gasteiger partial charge is 0.509 e. The molecule has 1 N–H and O–H groups in total. The summed E-state index contributed by atoms with van der Waals surface area (Å²) < 4.78 is 55.2. The molecule has 14 saturated carbocycles. The Kier molecular flexibility index (Phi) is 23.6. The van der Waals surface area contributed by atoms with Gasteiger partial charge in [0.25, 0.3) is 0 Å². The number of cyclic esters (lactones) is 1. The zero-order valence-corrected chi connectivity index (χ0v) is 65.1. The van der Waals surface area contributed by atoms with Gasteiger partial charge in [-0.25, -0.2) is 14.4 Å². The van der Waals surface area contributed by atoms with E-state index in [1.54, 1.807) is 27.7 Å². The number of carbonyl (C=O) groups excluding carboxylic acids is 9. The zero-order chi connectivity index (χ0) is 74.6. The van der Waals surface area contributed by atoms with Crippen LogP contribution in [0.2, 0.25) is 0 Å². The summed E-state index contributed by atoms with van der Waals surface area (Å²) in [6.07, 6.45) is 22.4. The van der Waals surface area contributed by atoms with Gasteiger partial charge < -0.3 is 52.5 Å². The maximum atomic E-state index is 12.7. The molecule has 14 aliphatic carbocycles. The van der Waals surface area contributed by atoms with Gasteiger partial charge in [-0.2, -0.15) is 0 Å². The van der Waals surface area contributed by atoms with Crippen molar-refractivity contribution in [2.24, 2.45) is 92.2 Å². The van der Waals surface area contributed by atoms with Crippen LogP contribution in [0, 0.1) is 92.2 Å². The van der Waals surface area contributed by atoms with Crippen LogP contribution in [-0.2, 0) is 85.7 Å². The van der Waals surface area contributed by atoms with Gasteiger partial charge in [0, 0.05) is 31.1 Å². The maximum Gasteiger partial charge on any atom is 0.509 e. The highest BCUT2D eigenvalue weighted by molar-refractivity contribution is 5.83. The van der Waals surface area contributed by atoms with Crippen molar-refractivity contribution in [3.8, 4) is 0 Å². The van der Waals surface area contributed by atoms with Gasteiger partial charge in [-0.05, 0) is 285 Å². The maximum absolute atomic E-state index is 12.7. The molecule has 16 rings (SSSR count). The van der Waals surface area contributed by atoms with E-state index >= 15 is 0 Å². The van der Waals surface area contributed by atoms with Crippen molar-refractivity contribution in [2.45, 2.75) is 350 Å². The molecule has 0 radical (unpaired) electrons. The minimum Gasteiger partial charge on any atom is -0.463 e. The van der Waals surface area contributed by atoms with Gasteiger partial charge in [-0.15, -0.1) is 0 Å². The second-order valence-electron chi connectivity index (χ2n) is 38.0. The minimum atomic E-state index is -0.687. The average molecular weight is 1420 g/mol. The molecule has 0 aromatic carbocycles. The summed E-state index contributed by atoms with van der Waals surface area (Å²) in [5.41, 5.74) is -5.00. The Balaban J connectivity index is 0.000000149.